The van der Waals surface area contributed by atoms with Crippen molar-refractivity contribution in [3.8, 4) is 0 Å². The standard InChI is InChI=1S/C14H15NOS/c1-17-14(7-8-14)13(16)11-4-2-6-12-10(11)5-3-9-15-12/h2-6,9,13,16H,7-8H2,1H3. The number of hydrogen-bond acceptors (Lipinski definition) is 3. The molecule has 1 atom stereocenters. The molecule has 3 rings (SSSR count). The Morgan fingerprint density at radius 2 is 2.12 bits per heavy atom. The molecule has 17 heavy (non-hydrogen) atoms. The van der Waals surface area contributed by atoms with Crippen LogP contribution in [0.4, 0.5) is 0 Å². The molecule has 0 amide bonds. The summed E-state index contributed by atoms with van der Waals surface area (Å²) in [7, 11) is 0. The molecule has 1 unspecified atom stereocenters. The summed E-state index contributed by atoms with van der Waals surface area (Å²) in [6.45, 7) is 0. The number of hydrogen-bond donors (Lipinski definition) is 1. The van der Waals surface area contributed by atoms with E-state index >= 15 is 0 Å². The van der Waals surface area contributed by atoms with Crippen molar-refractivity contribution < 1.29 is 5.11 Å². The Balaban J connectivity index is 2.11. The first kappa shape index (κ1) is 11.1. The van der Waals surface area contributed by atoms with E-state index in [0.29, 0.717) is 0 Å². The summed E-state index contributed by atoms with van der Waals surface area (Å²) >= 11 is 1.78. The number of rotatable bonds is 3. The fraction of sp³-hybridized carbons (Fsp3) is 0.357. The zero-order valence-electron chi connectivity index (χ0n) is 9.76. The minimum atomic E-state index is -0.384. The van der Waals surface area contributed by atoms with Gasteiger partial charge < -0.3 is 5.11 Å². The van der Waals surface area contributed by atoms with Gasteiger partial charge in [-0.3, -0.25) is 4.98 Å². The predicted molar refractivity (Wildman–Crippen MR) is 72.2 cm³/mol. The third-order valence-electron chi connectivity index (χ3n) is 3.62. The maximum atomic E-state index is 10.6. The Labute approximate surface area is 105 Å². The van der Waals surface area contributed by atoms with Crippen molar-refractivity contribution >= 4 is 22.7 Å². The van der Waals surface area contributed by atoms with Crippen LogP contribution in [0, 0.1) is 0 Å². The lowest BCUT2D eigenvalue weighted by Gasteiger charge is -2.21. The topological polar surface area (TPSA) is 33.1 Å². The van der Waals surface area contributed by atoms with E-state index in [1.807, 2.05) is 30.3 Å². The Morgan fingerprint density at radius 1 is 1.29 bits per heavy atom. The third-order valence-corrected chi connectivity index (χ3v) is 5.07. The SMILES string of the molecule is CSC1(C(O)c2cccc3ncccc23)CC1. The average molecular weight is 245 g/mol. The highest BCUT2D eigenvalue weighted by Gasteiger charge is 2.49. The van der Waals surface area contributed by atoms with Crippen molar-refractivity contribution in [2.45, 2.75) is 23.7 Å². The maximum Gasteiger partial charge on any atom is 0.0943 e. The first-order valence-electron chi connectivity index (χ1n) is 5.84. The van der Waals surface area contributed by atoms with Gasteiger partial charge >= 0.3 is 0 Å². The van der Waals surface area contributed by atoms with Gasteiger partial charge in [-0.25, -0.2) is 0 Å². The van der Waals surface area contributed by atoms with Gasteiger partial charge in [0.2, 0.25) is 0 Å². The second-order valence-electron chi connectivity index (χ2n) is 4.59. The van der Waals surface area contributed by atoms with Crippen LogP contribution in [0.2, 0.25) is 0 Å². The lowest BCUT2D eigenvalue weighted by atomic mass is 10.00. The minimum absolute atomic E-state index is 0.0458. The summed E-state index contributed by atoms with van der Waals surface area (Å²) in [6.07, 6.45) is 5.70. The van der Waals surface area contributed by atoms with Crippen molar-refractivity contribution in [3.63, 3.8) is 0 Å². The van der Waals surface area contributed by atoms with Gasteiger partial charge in [0.25, 0.3) is 0 Å². The molecule has 2 aromatic rings. The molecular formula is C14H15NOS. The van der Waals surface area contributed by atoms with E-state index in [-0.39, 0.29) is 10.9 Å². The van der Waals surface area contributed by atoms with E-state index in [9.17, 15) is 5.11 Å². The highest BCUT2D eigenvalue weighted by molar-refractivity contribution is 8.00. The summed E-state index contributed by atoms with van der Waals surface area (Å²) < 4.78 is 0.0458. The molecule has 0 aliphatic heterocycles. The van der Waals surface area contributed by atoms with E-state index in [1.165, 1.54) is 0 Å². The first-order chi connectivity index (χ1) is 8.27. The van der Waals surface area contributed by atoms with Crippen LogP contribution in [0.3, 0.4) is 0 Å². The smallest absolute Gasteiger partial charge is 0.0943 e. The second kappa shape index (κ2) is 4.00. The van der Waals surface area contributed by atoms with Crippen molar-refractivity contribution in [1.82, 2.24) is 4.98 Å². The van der Waals surface area contributed by atoms with Crippen LogP contribution in [0.25, 0.3) is 10.9 Å². The summed E-state index contributed by atoms with van der Waals surface area (Å²) in [5, 5.41) is 11.6. The normalized spacial score (nSPS) is 19.2. The fourth-order valence-corrected chi connectivity index (χ4v) is 3.22. The van der Waals surface area contributed by atoms with E-state index in [1.54, 1.807) is 18.0 Å². The summed E-state index contributed by atoms with van der Waals surface area (Å²) in [5.41, 5.74) is 1.98. The minimum Gasteiger partial charge on any atom is -0.387 e. The summed E-state index contributed by atoms with van der Waals surface area (Å²) in [4.78, 5) is 4.33. The number of aliphatic hydroxyl groups is 1. The van der Waals surface area contributed by atoms with Gasteiger partial charge in [0.15, 0.2) is 0 Å². The largest absolute Gasteiger partial charge is 0.387 e. The van der Waals surface area contributed by atoms with Gasteiger partial charge in [-0.05, 0) is 36.8 Å². The van der Waals surface area contributed by atoms with Gasteiger partial charge in [-0.2, -0.15) is 11.8 Å². The van der Waals surface area contributed by atoms with Crippen molar-refractivity contribution in [2.75, 3.05) is 6.26 Å². The summed E-state index contributed by atoms with van der Waals surface area (Å²) in [6, 6.07) is 9.95. The van der Waals surface area contributed by atoms with Crippen molar-refractivity contribution in [3.05, 3.63) is 42.1 Å². The quantitative estimate of drug-likeness (QED) is 0.901. The Hall–Kier alpha value is -1.06. The Morgan fingerprint density at radius 3 is 2.82 bits per heavy atom. The van der Waals surface area contributed by atoms with Crippen LogP contribution in [-0.4, -0.2) is 21.1 Å². The second-order valence-corrected chi connectivity index (χ2v) is 5.81. The van der Waals surface area contributed by atoms with Crippen molar-refractivity contribution in [2.24, 2.45) is 0 Å². The third kappa shape index (κ3) is 1.74. The molecule has 88 valence electrons. The molecule has 2 nitrogen and oxygen atoms in total. The predicted octanol–water partition coefficient (Wildman–Crippen LogP) is 3.16. The highest BCUT2D eigenvalue weighted by Crippen LogP contribution is 2.56. The molecule has 1 heterocycles. The van der Waals surface area contributed by atoms with Crippen LogP contribution >= 0.6 is 11.8 Å². The number of benzene rings is 1. The lowest BCUT2D eigenvalue weighted by molar-refractivity contribution is 0.168. The molecule has 1 aliphatic rings. The lowest BCUT2D eigenvalue weighted by Crippen LogP contribution is -2.16. The zero-order valence-corrected chi connectivity index (χ0v) is 10.6. The molecule has 1 aliphatic carbocycles. The van der Waals surface area contributed by atoms with E-state index in [2.05, 4.69) is 11.2 Å². The molecule has 1 aromatic heterocycles. The number of pyridine rings is 1. The Kier molecular flexibility index (Phi) is 2.60. The van der Waals surface area contributed by atoms with Crippen LogP contribution in [0.1, 0.15) is 24.5 Å². The van der Waals surface area contributed by atoms with Gasteiger partial charge in [0.1, 0.15) is 0 Å². The van der Waals surface area contributed by atoms with Crippen LogP contribution in [-0.2, 0) is 0 Å². The molecule has 1 aromatic carbocycles. The van der Waals surface area contributed by atoms with E-state index in [4.69, 9.17) is 0 Å². The van der Waals surface area contributed by atoms with Gasteiger partial charge in [0.05, 0.1) is 11.6 Å². The fourth-order valence-electron chi connectivity index (χ4n) is 2.36. The molecule has 1 fully saturated rings. The number of thioether (sulfide) groups is 1. The van der Waals surface area contributed by atoms with E-state index in [0.717, 1.165) is 29.3 Å². The van der Waals surface area contributed by atoms with E-state index < -0.39 is 0 Å². The molecule has 1 saturated carbocycles. The average Bonchev–Trinajstić information content (AvgIpc) is 3.18. The summed E-state index contributed by atoms with van der Waals surface area (Å²) in [5.74, 6) is 0. The highest BCUT2D eigenvalue weighted by atomic mass is 32.2. The van der Waals surface area contributed by atoms with Gasteiger partial charge in [0, 0.05) is 16.3 Å². The Bertz CT molecular complexity index is 545. The maximum absolute atomic E-state index is 10.6. The number of aromatic nitrogens is 1. The molecule has 3 heteroatoms. The van der Waals surface area contributed by atoms with Crippen LogP contribution in [0.15, 0.2) is 36.5 Å². The zero-order chi connectivity index (χ0) is 11.9. The molecule has 0 saturated heterocycles. The van der Waals surface area contributed by atoms with Crippen LogP contribution in [0.5, 0.6) is 0 Å². The first-order valence-corrected chi connectivity index (χ1v) is 7.06. The number of aliphatic hydroxyl groups excluding tert-OH is 1. The molecule has 1 N–H and O–H groups in total. The number of nitrogens with zero attached hydrogens (tertiary/aromatic N) is 1. The van der Waals surface area contributed by atoms with Crippen molar-refractivity contribution in [1.29, 1.82) is 0 Å². The van der Waals surface area contributed by atoms with Gasteiger partial charge in [-0.1, -0.05) is 18.2 Å². The monoisotopic (exact) mass is 245 g/mol. The van der Waals surface area contributed by atoms with Crippen LogP contribution < -0.4 is 0 Å². The molecule has 0 bridgehead atoms. The molecular weight excluding hydrogens is 230 g/mol. The molecule has 0 radical (unpaired) electrons. The number of fused-ring (bicyclic) bond motifs is 1. The van der Waals surface area contributed by atoms with Gasteiger partial charge in [-0.15, -0.1) is 0 Å². The molecule has 0 spiro atoms.